The van der Waals surface area contributed by atoms with Gasteiger partial charge in [-0.1, -0.05) is 42.5 Å². The second-order valence-corrected chi connectivity index (χ2v) is 4.36. The largest absolute Gasteiger partial charge is 0.479 e. The van der Waals surface area contributed by atoms with Crippen molar-refractivity contribution in [2.45, 2.75) is 5.54 Å². The molecule has 102 valence electrons. The van der Waals surface area contributed by atoms with Crippen LogP contribution in [0.4, 0.5) is 0 Å². The number of carboxylic acids is 2. The van der Waals surface area contributed by atoms with Gasteiger partial charge in [0.05, 0.1) is 5.56 Å². The third-order valence-electron chi connectivity index (χ3n) is 3.15. The summed E-state index contributed by atoms with van der Waals surface area (Å²) in [6.07, 6.45) is 0. The summed E-state index contributed by atoms with van der Waals surface area (Å²) in [5.74, 6) is -2.28. The Hall–Kier alpha value is -2.66. The molecule has 0 aliphatic carbocycles. The van der Waals surface area contributed by atoms with Crippen LogP contribution in [0.3, 0.4) is 0 Å². The normalized spacial score (nSPS) is 13.4. The first-order valence-electron chi connectivity index (χ1n) is 5.88. The van der Waals surface area contributed by atoms with Crippen LogP contribution < -0.4 is 5.73 Å². The van der Waals surface area contributed by atoms with Crippen molar-refractivity contribution >= 4 is 11.9 Å². The predicted octanol–water partition coefficient (Wildman–Crippen LogP) is 1.67. The van der Waals surface area contributed by atoms with E-state index in [-0.39, 0.29) is 5.56 Å². The standard InChI is InChI=1S/C15H13NO4/c16-15(14(19)20,11-4-2-1-3-5-11)12-8-6-10(7-9-12)13(17)18/h1-9H,16H2,(H,17,18)(H,19,20)/t15-/m1/s1. The Balaban J connectivity index is 2.54. The number of nitrogens with two attached hydrogens (primary N) is 1. The van der Waals surface area contributed by atoms with E-state index in [2.05, 4.69) is 0 Å². The van der Waals surface area contributed by atoms with Crippen LogP contribution >= 0.6 is 0 Å². The summed E-state index contributed by atoms with van der Waals surface area (Å²) >= 11 is 0. The van der Waals surface area contributed by atoms with E-state index in [1.807, 2.05) is 0 Å². The van der Waals surface area contributed by atoms with Gasteiger partial charge in [0.1, 0.15) is 0 Å². The number of aromatic carboxylic acids is 1. The number of hydrogen-bond donors (Lipinski definition) is 3. The molecule has 0 spiro atoms. The first-order valence-corrected chi connectivity index (χ1v) is 5.88. The zero-order valence-electron chi connectivity index (χ0n) is 10.5. The van der Waals surface area contributed by atoms with Gasteiger partial charge in [-0.25, -0.2) is 9.59 Å². The summed E-state index contributed by atoms with van der Waals surface area (Å²) in [5.41, 5.74) is 5.18. The SMILES string of the molecule is N[C@](C(=O)O)(c1ccccc1)c1ccc(C(=O)O)cc1. The Bertz CT molecular complexity index is 637. The Kier molecular flexibility index (Phi) is 3.54. The molecule has 0 heterocycles. The topological polar surface area (TPSA) is 101 Å². The first-order chi connectivity index (χ1) is 9.46. The van der Waals surface area contributed by atoms with Crippen molar-refractivity contribution in [1.29, 1.82) is 0 Å². The predicted molar refractivity (Wildman–Crippen MR) is 72.4 cm³/mol. The molecule has 0 saturated carbocycles. The molecule has 2 aromatic rings. The highest BCUT2D eigenvalue weighted by molar-refractivity contribution is 5.89. The quantitative estimate of drug-likeness (QED) is 0.785. The third kappa shape index (κ3) is 2.26. The average Bonchev–Trinajstić information content (AvgIpc) is 2.47. The molecule has 2 rings (SSSR count). The summed E-state index contributed by atoms with van der Waals surface area (Å²) < 4.78 is 0. The van der Waals surface area contributed by atoms with Crippen LogP contribution in [0.15, 0.2) is 54.6 Å². The number of carboxylic acid groups (broad SMARTS) is 2. The minimum atomic E-state index is -1.71. The number of rotatable bonds is 4. The fraction of sp³-hybridized carbons (Fsp3) is 0.0667. The van der Waals surface area contributed by atoms with Gasteiger partial charge in [-0.15, -0.1) is 0 Å². The molecule has 0 aromatic heterocycles. The number of carbonyl (C=O) groups is 2. The zero-order chi connectivity index (χ0) is 14.8. The van der Waals surface area contributed by atoms with Gasteiger partial charge in [0.2, 0.25) is 0 Å². The van der Waals surface area contributed by atoms with Crippen LogP contribution in [0, 0.1) is 0 Å². The molecule has 0 bridgehead atoms. The molecule has 0 radical (unpaired) electrons. The molecule has 0 fully saturated rings. The molecule has 5 heteroatoms. The van der Waals surface area contributed by atoms with Crippen molar-refractivity contribution in [2.75, 3.05) is 0 Å². The summed E-state index contributed by atoms with van der Waals surface area (Å²) in [6.45, 7) is 0. The molecule has 0 aliphatic rings. The maximum absolute atomic E-state index is 11.6. The lowest BCUT2D eigenvalue weighted by Crippen LogP contribution is -2.45. The van der Waals surface area contributed by atoms with Gasteiger partial charge >= 0.3 is 11.9 Å². The van der Waals surface area contributed by atoms with Crippen molar-refractivity contribution in [3.63, 3.8) is 0 Å². The second kappa shape index (κ2) is 5.14. The molecule has 2 aromatic carbocycles. The van der Waals surface area contributed by atoms with Crippen molar-refractivity contribution in [3.05, 3.63) is 71.3 Å². The van der Waals surface area contributed by atoms with Crippen LogP contribution in [-0.2, 0) is 10.3 Å². The fourth-order valence-electron chi connectivity index (χ4n) is 1.99. The van der Waals surface area contributed by atoms with Gasteiger partial charge in [0.25, 0.3) is 0 Å². The summed E-state index contributed by atoms with van der Waals surface area (Å²) in [6, 6.07) is 13.9. The summed E-state index contributed by atoms with van der Waals surface area (Å²) in [5, 5.41) is 18.3. The lowest BCUT2D eigenvalue weighted by atomic mass is 9.83. The van der Waals surface area contributed by atoms with Gasteiger partial charge in [-0.2, -0.15) is 0 Å². The van der Waals surface area contributed by atoms with E-state index in [0.29, 0.717) is 11.1 Å². The molecule has 0 aliphatic heterocycles. The lowest BCUT2D eigenvalue weighted by molar-refractivity contribution is -0.142. The number of hydrogen-bond acceptors (Lipinski definition) is 3. The Labute approximate surface area is 115 Å². The molecule has 5 nitrogen and oxygen atoms in total. The monoisotopic (exact) mass is 271 g/mol. The van der Waals surface area contributed by atoms with E-state index in [4.69, 9.17) is 10.8 Å². The highest BCUT2D eigenvalue weighted by Crippen LogP contribution is 2.27. The van der Waals surface area contributed by atoms with Crippen LogP contribution in [0.2, 0.25) is 0 Å². The average molecular weight is 271 g/mol. The molecule has 0 amide bonds. The van der Waals surface area contributed by atoms with E-state index in [1.54, 1.807) is 30.3 Å². The minimum Gasteiger partial charge on any atom is -0.479 e. The maximum Gasteiger partial charge on any atom is 0.335 e. The highest BCUT2D eigenvalue weighted by atomic mass is 16.4. The van der Waals surface area contributed by atoms with Crippen molar-refractivity contribution in [2.24, 2.45) is 5.73 Å². The van der Waals surface area contributed by atoms with Crippen molar-refractivity contribution in [1.82, 2.24) is 0 Å². The molecular formula is C15H13NO4. The molecule has 1 atom stereocenters. The van der Waals surface area contributed by atoms with E-state index in [1.165, 1.54) is 24.3 Å². The van der Waals surface area contributed by atoms with Gasteiger partial charge in [-0.05, 0) is 23.3 Å². The van der Waals surface area contributed by atoms with Crippen molar-refractivity contribution < 1.29 is 19.8 Å². The summed E-state index contributed by atoms with van der Waals surface area (Å²) in [4.78, 5) is 22.4. The zero-order valence-corrected chi connectivity index (χ0v) is 10.5. The van der Waals surface area contributed by atoms with Gasteiger partial charge in [0, 0.05) is 0 Å². The molecule has 4 N–H and O–H groups in total. The Morgan fingerprint density at radius 1 is 0.850 bits per heavy atom. The molecule has 0 saturated heterocycles. The first kappa shape index (κ1) is 13.8. The second-order valence-electron chi connectivity index (χ2n) is 4.36. The minimum absolute atomic E-state index is 0.0783. The number of benzene rings is 2. The number of aliphatic carboxylic acids is 1. The Morgan fingerprint density at radius 2 is 1.35 bits per heavy atom. The molecular weight excluding hydrogens is 258 g/mol. The Morgan fingerprint density at radius 3 is 1.80 bits per heavy atom. The maximum atomic E-state index is 11.6. The van der Waals surface area contributed by atoms with Gasteiger partial charge in [-0.3, -0.25) is 0 Å². The van der Waals surface area contributed by atoms with E-state index in [0.717, 1.165) is 0 Å². The van der Waals surface area contributed by atoms with Crippen LogP contribution in [-0.4, -0.2) is 22.2 Å². The van der Waals surface area contributed by atoms with Gasteiger partial charge < -0.3 is 15.9 Å². The highest BCUT2D eigenvalue weighted by Gasteiger charge is 2.38. The van der Waals surface area contributed by atoms with E-state index < -0.39 is 17.5 Å². The third-order valence-corrected chi connectivity index (χ3v) is 3.15. The van der Waals surface area contributed by atoms with Gasteiger partial charge in [0.15, 0.2) is 5.54 Å². The van der Waals surface area contributed by atoms with E-state index >= 15 is 0 Å². The van der Waals surface area contributed by atoms with Crippen molar-refractivity contribution in [3.8, 4) is 0 Å². The van der Waals surface area contributed by atoms with Crippen LogP contribution in [0.25, 0.3) is 0 Å². The summed E-state index contributed by atoms with van der Waals surface area (Å²) in [7, 11) is 0. The van der Waals surface area contributed by atoms with Crippen LogP contribution in [0.1, 0.15) is 21.5 Å². The van der Waals surface area contributed by atoms with E-state index in [9.17, 15) is 14.7 Å². The van der Waals surface area contributed by atoms with Crippen LogP contribution in [0.5, 0.6) is 0 Å². The molecule has 20 heavy (non-hydrogen) atoms. The smallest absolute Gasteiger partial charge is 0.335 e. The lowest BCUT2D eigenvalue weighted by Gasteiger charge is -2.25. The fourth-order valence-corrected chi connectivity index (χ4v) is 1.99. The molecule has 0 unspecified atom stereocenters.